The Morgan fingerprint density at radius 2 is 1.66 bits per heavy atom. The number of carbonyl (C=O) groups excluding carboxylic acids is 1. The number of aromatic nitrogens is 2. The van der Waals surface area contributed by atoms with E-state index in [0.29, 0.717) is 11.3 Å². The molecule has 2 heterocycles. The average Bonchev–Trinajstić information content (AvgIpc) is 3.15. The minimum atomic E-state index is -3.86. The number of nitrogens with zero attached hydrogens (tertiary/aromatic N) is 3. The van der Waals surface area contributed by atoms with Crippen LogP contribution in [-0.2, 0) is 16.6 Å². The summed E-state index contributed by atoms with van der Waals surface area (Å²) in [5.74, 6) is -0.111. The molecule has 0 bridgehead atoms. The van der Waals surface area contributed by atoms with Crippen molar-refractivity contribution in [1.29, 1.82) is 0 Å². The summed E-state index contributed by atoms with van der Waals surface area (Å²) in [7, 11) is -3.86. The minimum absolute atomic E-state index is 0.111. The van der Waals surface area contributed by atoms with Gasteiger partial charge >= 0.3 is 0 Å². The molecule has 4 rings (SSSR count). The van der Waals surface area contributed by atoms with Crippen LogP contribution in [0.4, 0.5) is 5.69 Å². The van der Waals surface area contributed by atoms with Crippen LogP contribution in [0.25, 0.3) is 5.65 Å². The second-order valence-electron chi connectivity index (χ2n) is 6.61. The molecule has 0 atom stereocenters. The van der Waals surface area contributed by atoms with Crippen LogP contribution in [-0.4, -0.2) is 23.6 Å². The number of para-hydroxylation sites is 1. The molecule has 146 valence electrons. The highest BCUT2D eigenvalue weighted by atomic mass is 32.2. The molecule has 4 aromatic rings. The number of Topliss-reactive ketones (excluding diaryl/α,β-unsaturated/α-hetero) is 1. The number of carbonyl (C=O) groups is 1. The Hall–Kier alpha value is -3.45. The summed E-state index contributed by atoms with van der Waals surface area (Å²) in [6, 6.07) is 20.6. The zero-order chi connectivity index (χ0) is 20.4. The molecule has 0 aliphatic heterocycles. The van der Waals surface area contributed by atoms with Crippen LogP contribution >= 0.6 is 0 Å². The van der Waals surface area contributed by atoms with Crippen molar-refractivity contribution in [3.8, 4) is 0 Å². The summed E-state index contributed by atoms with van der Waals surface area (Å²) < 4.78 is 30.2. The van der Waals surface area contributed by atoms with Crippen molar-refractivity contribution in [3.05, 3.63) is 96.4 Å². The van der Waals surface area contributed by atoms with Gasteiger partial charge < -0.3 is 4.40 Å². The highest BCUT2D eigenvalue weighted by Gasteiger charge is 2.26. The van der Waals surface area contributed by atoms with E-state index >= 15 is 0 Å². The second-order valence-corrected chi connectivity index (χ2v) is 8.47. The molecule has 0 saturated carbocycles. The first-order valence-electron chi connectivity index (χ1n) is 9.06. The SMILES string of the molecule is CC(=O)c1ccc(S(=O)(=O)N(Cc2cnc3ccccn23)c2ccccc2)cc1. The number of imidazole rings is 1. The van der Waals surface area contributed by atoms with Crippen LogP contribution in [0.2, 0.25) is 0 Å². The van der Waals surface area contributed by atoms with Gasteiger partial charge in [0.15, 0.2) is 5.78 Å². The quantitative estimate of drug-likeness (QED) is 0.456. The lowest BCUT2D eigenvalue weighted by atomic mass is 10.2. The molecule has 0 radical (unpaired) electrons. The molecule has 0 aliphatic carbocycles. The second kappa shape index (κ2) is 7.52. The van der Waals surface area contributed by atoms with E-state index in [-0.39, 0.29) is 17.2 Å². The lowest BCUT2D eigenvalue weighted by Gasteiger charge is -2.24. The first-order valence-corrected chi connectivity index (χ1v) is 10.5. The van der Waals surface area contributed by atoms with Crippen molar-refractivity contribution < 1.29 is 13.2 Å². The Labute approximate surface area is 169 Å². The van der Waals surface area contributed by atoms with Crippen LogP contribution in [0.5, 0.6) is 0 Å². The smallest absolute Gasteiger partial charge is 0.264 e. The molecular weight excluding hydrogens is 386 g/mol. The topological polar surface area (TPSA) is 71.8 Å². The predicted molar refractivity (Wildman–Crippen MR) is 111 cm³/mol. The summed E-state index contributed by atoms with van der Waals surface area (Å²) in [6.45, 7) is 1.57. The number of pyridine rings is 1. The third kappa shape index (κ3) is 3.64. The fourth-order valence-electron chi connectivity index (χ4n) is 3.15. The number of hydrogen-bond acceptors (Lipinski definition) is 4. The molecule has 0 saturated heterocycles. The lowest BCUT2D eigenvalue weighted by Crippen LogP contribution is -2.31. The van der Waals surface area contributed by atoms with E-state index in [0.717, 1.165) is 11.3 Å². The van der Waals surface area contributed by atoms with Gasteiger partial charge in [0.2, 0.25) is 0 Å². The molecule has 0 unspecified atom stereocenters. The van der Waals surface area contributed by atoms with E-state index in [1.807, 2.05) is 34.9 Å². The molecule has 0 aliphatic rings. The number of fused-ring (bicyclic) bond motifs is 1. The Balaban J connectivity index is 1.79. The largest absolute Gasteiger partial charge is 0.302 e. The maximum absolute atomic E-state index is 13.5. The van der Waals surface area contributed by atoms with Gasteiger partial charge in [-0.05, 0) is 43.3 Å². The van der Waals surface area contributed by atoms with Crippen molar-refractivity contribution >= 4 is 27.1 Å². The zero-order valence-corrected chi connectivity index (χ0v) is 16.6. The third-order valence-corrected chi connectivity index (χ3v) is 6.48. The van der Waals surface area contributed by atoms with Gasteiger partial charge in [0.05, 0.1) is 29.0 Å². The van der Waals surface area contributed by atoms with Crippen molar-refractivity contribution in [1.82, 2.24) is 9.38 Å². The summed E-state index contributed by atoms with van der Waals surface area (Å²) in [5, 5.41) is 0. The lowest BCUT2D eigenvalue weighted by molar-refractivity contribution is 0.101. The maximum Gasteiger partial charge on any atom is 0.264 e. The fraction of sp³-hybridized carbons (Fsp3) is 0.0909. The average molecular weight is 405 g/mol. The Morgan fingerprint density at radius 1 is 0.966 bits per heavy atom. The van der Waals surface area contributed by atoms with Gasteiger partial charge in [0.1, 0.15) is 5.65 Å². The minimum Gasteiger partial charge on any atom is -0.302 e. The van der Waals surface area contributed by atoms with Crippen molar-refractivity contribution in [2.24, 2.45) is 0 Å². The highest BCUT2D eigenvalue weighted by molar-refractivity contribution is 7.92. The summed E-state index contributed by atoms with van der Waals surface area (Å²) in [4.78, 5) is 16.0. The number of anilines is 1. The van der Waals surface area contributed by atoms with E-state index in [9.17, 15) is 13.2 Å². The molecule has 2 aromatic carbocycles. The van der Waals surface area contributed by atoms with E-state index in [2.05, 4.69) is 4.98 Å². The molecule has 6 nitrogen and oxygen atoms in total. The van der Waals surface area contributed by atoms with Crippen molar-refractivity contribution in [3.63, 3.8) is 0 Å². The highest BCUT2D eigenvalue weighted by Crippen LogP contribution is 2.26. The zero-order valence-electron chi connectivity index (χ0n) is 15.8. The van der Waals surface area contributed by atoms with Crippen LogP contribution in [0, 0.1) is 0 Å². The fourth-order valence-corrected chi connectivity index (χ4v) is 4.58. The normalized spacial score (nSPS) is 11.5. The number of ketones is 1. The van der Waals surface area contributed by atoms with E-state index in [1.165, 1.54) is 35.5 Å². The molecule has 7 heteroatoms. The van der Waals surface area contributed by atoms with Gasteiger partial charge in [-0.1, -0.05) is 36.4 Å². The molecule has 0 N–H and O–H groups in total. The van der Waals surface area contributed by atoms with Gasteiger partial charge in [0, 0.05) is 11.8 Å². The Morgan fingerprint density at radius 3 is 2.34 bits per heavy atom. The van der Waals surface area contributed by atoms with Gasteiger partial charge in [-0.25, -0.2) is 13.4 Å². The molecule has 2 aromatic heterocycles. The van der Waals surface area contributed by atoms with Crippen LogP contribution in [0.1, 0.15) is 23.0 Å². The summed E-state index contributed by atoms with van der Waals surface area (Å²) in [6.07, 6.45) is 3.54. The van der Waals surface area contributed by atoms with Crippen LogP contribution in [0.15, 0.2) is 90.1 Å². The van der Waals surface area contributed by atoms with Crippen molar-refractivity contribution in [2.75, 3.05) is 4.31 Å². The molecular formula is C22H19N3O3S. The Kier molecular flexibility index (Phi) is 4.90. The van der Waals surface area contributed by atoms with Gasteiger partial charge in [-0.2, -0.15) is 0 Å². The number of benzene rings is 2. The summed E-state index contributed by atoms with van der Waals surface area (Å²) in [5.41, 5.74) is 2.51. The third-order valence-electron chi connectivity index (χ3n) is 4.69. The maximum atomic E-state index is 13.5. The standard InChI is InChI=1S/C22H19N3O3S/c1-17(26)18-10-12-21(13-11-18)29(27,28)25(19-7-3-2-4-8-19)16-20-15-23-22-9-5-6-14-24(20)22/h2-15H,16H2,1H3. The predicted octanol–water partition coefficient (Wildman–Crippen LogP) is 3.93. The van der Waals surface area contributed by atoms with E-state index in [1.54, 1.807) is 30.5 Å². The molecule has 0 spiro atoms. The van der Waals surface area contributed by atoms with Crippen LogP contribution < -0.4 is 4.31 Å². The number of hydrogen-bond donors (Lipinski definition) is 0. The van der Waals surface area contributed by atoms with E-state index < -0.39 is 10.0 Å². The summed E-state index contributed by atoms with van der Waals surface area (Å²) >= 11 is 0. The number of sulfonamides is 1. The van der Waals surface area contributed by atoms with Gasteiger partial charge in [0.25, 0.3) is 10.0 Å². The van der Waals surface area contributed by atoms with Crippen LogP contribution in [0.3, 0.4) is 0 Å². The molecule has 29 heavy (non-hydrogen) atoms. The number of rotatable bonds is 6. The van der Waals surface area contributed by atoms with Gasteiger partial charge in [-0.15, -0.1) is 0 Å². The molecule has 0 fully saturated rings. The Bertz CT molecular complexity index is 1260. The van der Waals surface area contributed by atoms with E-state index in [4.69, 9.17) is 0 Å². The van der Waals surface area contributed by atoms with Gasteiger partial charge in [-0.3, -0.25) is 9.10 Å². The molecule has 0 amide bonds. The monoisotopic (exact) mass is 405 g/mol. The van der Waals surface area contributed by atoms with Crippen molar-refractivity contribution in [2.45, 2.75) is 18.4 Å². The first-order chi connectivity index (χ1) is 14.0. The first kappa shape index (κ1) is 18.9.